The van der Waals surface area contributed by atoms with Gasteiger partial charge in [0.15, 0.2) is 11.5 Å². The van der Waals surface area contributed by atoms with Crippen molar-refractivity contribution < 1.29 is 13.9 Å². The molecule has 0 bridgehead atoms. The quantitative estimate of drug-likeness (QED) is 0.664. The van der Waals surface area contributed by atoms with Gasteiger partial charge in [0.25, 0.3) is 11.5 Å². The maximum absolute atomic E-state index is 14.1. The Morgan fingerprint density at radius 1 is 1.33 bits per heavy atom. The number of hydrogen-bond acceptors (Lipinski definition) is 6. The summed E-state index contributed by atoms with van der Waals surface area (Å²) in [6.45, 7) is 5.09. The minimum absolute atomic E-state index is 0.0967. The van der Waals surface area contributed by atoms with E-state index in [4.69, 9.17) is 4.74 Å². The van der Waals surface area contributed by atoms with Crippen molar-refractivity contribution >= 4 is 16.9 Å². The number of aryl methyl sites for hydroxylation is 1. The highest BCUT2D eigenvalue weighted by Gasteiger charge is 2.37. The summed E-state index contributed by atoms with van der Waals surface area (Å²) in [6, 6.07) is 4.98. The van der Waals surface area contributed by atoms with Gasteiger partial charge in [-0.3, -0.25) is 19.5 Å². The number of rotatable bonds is 5. The van der Waals surface area contributed by atoms with Crippen molar-refractivity contribution in [1.82, 2.24) is 25.2 Å². The monoisotopic (exact) mass is 411 g/mol. The zero-order valence-corrected chi connectivity index (χ0v) is 16.9. The lowest BCUT2D eigenvalue weighted by Gasteiger charge is -2.45. The van der Waals surface area contributed by atoms with Crippen molar-refractivity contribution in [1.29, 1.82) is 0 Å². The van der Waals surface area contributed by atoms with Gasteiger partial charge in [0, 0.05) is 44.0 Å². The van der Waals surface area contributed by atoms with Gasteiger partial charge in [-0.1, -0.05) is 0 Å². The lowest BCUT2D eigenvalue weighted by molar-refractivity contribution is -0.0416. The first kappa shape index (κ1) is 20.0. The normalized spacial score (nSPS) is 18.8. The van der Waals surface area contributed by atoms with Gasteiger partial charge < -0.3 is 15.0 Å². The van der Waals surface area contributed by atoms with E-state index in [1.165, 1.54) is 19.3 Å². The van der Waals surface area contributed by atoms with Crippen LogP contribution in [-0.2, 0) is 6.54 Å². The average molecular weight is 411 g/mol. The van der Waals surface area contributed by atoms with Crippen LogP contribution in [0, 0.1) is 12.7 Å². The van der Waals surface area contributed by atoms with E-state index >= 15 is 0 Å². The van der Waals surface area contributed by atoms with Crippen molar-refractivity contribution in [2.75, 3.05) is 13.6 Å². The Hall–Kier alpha value is -3.33. The molecule has 2 N–H and O–H groups in total. The summed E-state index contributed by atoms with van der Waals surface area (Å²) in [5.74, 6) is -1.01. The second kappa shape index (κ2) is 7.83. The van der Waals surface area contributed by atoms with Crippen molar-refractivity contribution in [3.05, 3.63) is 63.6 Å². The van der Waals surface area contributed by atoms with Crippen LogP contribution in [0.1, 0.15) is 28.5 Å². The van der Waals surface area contributed by atoms with Gasteiger partial charge in [-0.2, -0.15) is 0 Å². The fourth-order valence-corrected chi connectivity index (χ4v) is 3.48. The second-order valence-corrected chi connectivity index (χ2v) is 7.46. The lowest BCUT2D eigenvalue weighted by atomic mass is 10.00. The SMILES string of the molecule is CNC(=O)c1ncc(O[C@H]2CN(Cc3cnc4cc(C)c(=O)[nH]c4c3)[C@@H]2C)cc1F. The number of halogens is 1. The summed E-state index contributed by atoms with van der Waals surface area (Å²) in [5.41, 5.74) is 2.70. The molecule has 9 heteroatoms. The van der Waals surface area contributed by atoms with E-state index in [1.54, 1.807) is 19.2 Å². The van der Waals surface area contributed by atoms with Crippen LogP contribution in [-0.4, -0.2) is 51.5 Å². The number of likely N-dealkylation sites (tertiary alicyclic amines) is 1. The third kappa shape index (κ3) is 3.76. The summed E-state index contributed by atoms with van der Waals surface area (Å²) in [4.78, 5) is 36.7. The summed E-state index contributed by atoms with van der Waals surface area (Å²) < 4.78 is 19.9. The molecule has 1 fully saturated rings. The van der Waals surface area contributed by atoms with Crippen LogP contribution in [0.4, 0.5) is 4.39 Å². The third-order valence-corrected chi connectivity index (χ3v) is 5.39. The number of H-pyrrole nitrogens is 1. The van der Waals surface area contributed by atoms with E-state index < -0.39 is 11.7 Å². The van der Waals surface area contributed by atoms with Gasteiger partial charge >= 0.3 is 0 Å². The molecular formula is C21H22FN5O3. The molecule has 0 radical (unpaired) electrons. The highest BCUT2D eigenvalue weighted by molar-refractivity contribution is 5.92. The minimum atomic E-state index is -0.720. The molecule has 1 aliphatic rings. The number of aromatic nitrogens is 3. The van der Waals surface area contributed by atoms with Crippen LogP contribution in [0.2, 0.25) is 0 Å². The zero-order valence-electron chi connectivity index (χ0n) is 16.9. The molecule has 1 saturated heterocycles. The molecule has 1 amide bonds. The Kier molecular flexibility index (Phi) is 5.21. The smallest absolute Gasteiger partial charge is 0.272 e. The molecule has 0 saturated carbocycles. The molecule has 2 atom stereocenters. The summed E-state index contributed by atoms with van der Waals surface area (Å²) in [6.07, 6.45) is 3.04. The third-order valence-electron chi connectivity index (χ3n) is 5.39. The molecule has 156 valence electrons. The van der Waals surface area contributed by atoms with Crippen molar-refractivity contribution in [2.24, 2.45) is 0 Å². The molecule has 0 aliphatic carbocycles. The predicted molar refractivity (Wildman–Crippen MR) is 109 cm³/mol. The van der Waals surface area contributed by atoms with E-state index in [0.29, 0.717) is 24.2 Å². The molecular weight excluding hydrogens is 389 g/mol. The molecule has 4 heterocycles. The van der Waals surface area contributed by atoms with Crippen molar-refractivity contribution in [3.63, 3.8) is 0 Å². The first-order valence-electron chi connectivity index (χ1n) is 9.62. The van der Waals surface area contributed by atoms with Crippen LogP contribution in [0.3, 0.4) is 0 Å². The lowest BCUT2D eigenvalue weighted by Crippen LogP contribution is -2.60. The summed E-state index contributed by atoms with van der Waals surface area (Å²) in [7, 11) is 1.42. The van der Waals surface area contributed by atoms with Gasteiger partial charge in [-0.15, -0.1) is 0 Å². The zero-order chi connectivity index (χ0) is 21.4. The van der Waals surface area contributed by atoms with Crippen LogP contribution in [0.5, 0.6) is 5.75 Å². The van der Waals surface area contributed by atoms with Gasteiger partial charge in [0.05, 0.1) is 17.2 Å². The van der Waals surface area contributed by atoms with E-state index in [2.05, 4.69) is 25.2 Å². The van der Waals surface area contributed by atoms with Crippen molar-refractivity contribution in [3.8, 4) is 5.75 Å². The second-order valence-electron chi connectivity index (χ2n) is 7.46. The first-order valence-corrected chi connectivity index (χ1v) is 9.62. The van der Waals surface area contributed by atoms with E-state index in [0.717, 1.165) is 11.1 Å². The number of aromatic amines is 1. The number of carbonyl (C=O) groups excluding carboxylic acids is 1. The van der Waals surface area contributed by atoms with Gasteiger partial charge in [-0.05, 0) is 31.5 Å². The highest BCUT2D eigenvalue weighted by Crippen LogP contribution is 2.26. The molecule has 0 spiro atoms. The Morgan fingerprint density at radius 2 is 2.13 bits per heavy atom. The van der Waals surface area contributed by atoms with Crippen LogP contribution in [0.25, 0.3) is 11.0 Å². The van der Waals surface area contributed by atoms with E-state index in [9.17, 15) is 14.0 Å². The molecule has 30 heavy (non-hydrogen) atoms. The fraction of sp³-hybridized carbons (Fsp3) is 0.333. The number of carbonyl (C=O) groups is 1. The molecule has 3 aromatic heterocycles. The number of amides is 1. The molecule has 8 nitrogen and oxygen atoms in total. The first-order chi connectivity index (χ1) is 14.4. The largest absolute Gasteiger partial charge is 0.486 e. The maximum atomic E-state index is 14.1. The van der Waals surface area contributed by atoms with Crippen LogP contribution >= 0.6 is 0 Å². The van der Waals surface area contributed by atoms with E-state index in [-0.39, 0.29) is 29.1 Å². The fourth-order valence-electron chi connectivity index (χ4n) is 3.48. The number of nitrogens with one attached hydrogen (secondary N) is 2. The molecule has 3 aromatic rings. The van der Waals surface area contributed by atoms with Gasteiger partial charge in [0.1, 0.15) is 11.9 Å². The van der Waals surface area contributed by atoms with Crippen molar-refractivity contribution in [2.45, 2.75) is 32.5 Å². The molecule has 0 aromatic carbocycles. The number of nitrogens with zero attached hydrogens (tertiary/aromatic N) is 3. The number of fused-ring (bicyclic) bond motifs is 1. The number of hydrogen-bond donors (Lipinski definition) is 2. The predicted octanol–water partition coefficient (Wildman–Crippen LogP) is 1.78. The molecule has 1 aliphatic heterocycles. The van der Waals surface area contributed by atoms with Gasteiger partial charge in [0.2, 0.25) is 0 Å². The molecule has 4 rings (SSSR count). The van der Waals surface area contributed by atoms with Gasteiger partial charge in [-0.25, -0.2) is 9.37 Å². The maximum Gasteiger partial charge on any atom is 0.272 e. The highest BCUT2D eigenvalue weighted by atomic mass is 19.1. The van der Waals surface area contributed by atoms with Crippen LogP contribution < -0.4 is 15.6 Å². The Morgan fingerprint density at radius 3 is 2.83 bits per heavy atom. The topological polar surface area (TPSA) is 100 Å². The average Bonchev–Trinajstić information content (AvgIpc) is 2.73. The minimum Gasteiger partial charge on any atom is -0.486 e. The number of ether oxygens (including phenoxy) is 1. The Balaban J connectivity index is 1.40. The number of pyridine rings is 3. The summed E-state index contributed by atoms with van der Waals surface area (Å²) in [5, 5.41) is 2.34. The van der Waals surface area contributed by atoms with E-state index in [1.807, 2.05) is 13.0 Å². The summed E-state index contributed by atoms with van der Waals surface area (Å²) >= 11 is 0. The molecule has 0 unspecified atom stereocenters. The standard InChI is InChI=1S/C21H22FN5O3/c1-11-4-16-17(26-20(11)28)5-13(7-24-16)9-27-10-18(12(27)2)30-14-6-15(22)19(25-8-14)21(29)23-3/h4-8,12,18H,9-10H2,1-3H3,(H,23,29)(H,26,28)/t12-,18+/m1/s1. The van der Waals surface area contributed by atoms with Crippen LogP contribution in [0.15, 0.2) is 35.4 Å². The Labute approximate surface area is 172 Å². The Bertz CT molecular complexity index is 1180.